The molecule has 0 N–H and O–H groups in total. The molecule has 1 aliphatic rings. The Labute approximate surface area is 74.3 Å². The molecule has 0 fully saturated rings. The van der Waals surface area contributed by atoms with Crippen molar-refractivity contribution in [2.75, 3.05) is 0 Å². The minimum absolute atomic E-state index is 1.22. The smallest absolute Gasteiger partial charge is 0.0419 e. The lowest BCUT2D eigenvalue weighted by atomic mass is 10.3. The summed E-state index contributed by atoms with van der Waals surface area (Å²) in [6.45, 7) is 7.46. The van der Waals surface area contributed by atoms with Gasteiger partial charge >= 0.3 is 0 Å². The van der Waals surface area contributed by atoms with Crippen molar-refractivity contribution in [1.29, 1.82) is 0 Å². The fraction of sp³-hybridized carbons (Fsp3) is 0. The molecule has 0 aromatic heterocycles. The molecule has 0 aromatic rings. The Morgan fingerprint density at radius 1 is 1.10 bits per heavy atom. The van der Waals surface area contributed by atoms with Gasteiger partial charge in [0.05, 0.1) is 0 Å². The number of thiol groups is 4. The van der Waals surface area contributed by atoms with Gasteiger partial charge in [0.15, 0.2) is 0 Å². The third kappa shape index (κ3) is 2.05. The van der Waals surface area contributed by atoms with Crippen molar-refractivity contribution in [2.24, 2.45) is 0 Å². The van der Waals surface area contributed by atoms with Crippen LogP contribution in [0, 0.1) is 0 Å². The standard InChI is InChI=1S/C6H10S4/c1-3-5(4-2)6-7-9-10-8-6/h3-4,7-10H,1-2H2. The van der Waals surface area contributed by atoms with Crippen molar-refractivity contribution in [1.82, 2.24) is 0 Å². The predicted octanol–water partition coefficient (Wildman–Crippen LogP) is 0.588. The summed E-state index contributed by atoms with van der Waals surface area (Å²) in [4.78, 5) is 0. The quantitative estimate of drug-likeness (QED) is 0.372. The molecule has 0 saturated carbocycles. The van der Waals surface area contributed by atoms with Crippen LogP contribution in [-0.4, -0.2) is 0 Å². The van der Waals surface area contributed by atoms with Crippen LogP contribution in [-0.2, 0) is 39.3 Å². The van der Waals surface area contributed by atoms with Gasteiger partial charge in [-0.2, -0.15) is 0 Å². The van der Waals surface area contributed by atoms with Gasteiger partial charge in [0.2, 0.25) is 0 Å². The maximum absolute atomic E-state index is 3.73. The van der Waals surface area contributed by atoms with Gasteiger partial charge in [-0.25, -0.2) is 0 Å². The van der Waals surface area contributed by atoms with Crippen LogP contribution >= 0.6 is 0 Å². The van der Waals surface area contributed by atoms with Crippen molar-refractivity contribution in [3.8, 4) is 0 Å². The van der Waals surface area contributed by atoms with Crippen LogP contribution in [0.25, 0.3) is 0 Å². The zero-order valence-corrected chi connectivity index (χ0v) is 8.94. The second kappa shape index (κ2) is 4.49. The average molecular weight is 210 g/mol. The normalized spacial score (nSPS) is 17.0. The number of hydrogen-bond acceptors (Lipinski definition) is 0. The van der Waals surface area contributed by atoms with Crippen molar-refractivity contribution in [2.45, 2.75) is 0 Å². The van der Waals surface area contributed by atoms with Crippen LogP contribution in [0.15, 0.2) is 35.1 Å². The summed E-state index contributed by atoms with van der Waals surface area (Å²) >= 11 is 0. The van der Waals surface area contributed by atoms with E-state index in [0.717, 1.165) is 0 Å². The minimum Gasteiger partial charge on any atom is -0.132 e. The van der Waals surface area contributed by atoms with Crippen LogP contribution in [0.5, 0.6) is 0 Å². The van der Waals surface area contributed by atoms with E-state index in [0.29, 0.717) is 0 Å². The molecule has 0 aliphatic carbocycles. The molecule has 1 aliphatic heterocycles. The predicted molar refractivity (Wildman–Crippen MR) is 62.5 cm³/mol. The molecule has 1 heterocycles. The van der Waals surface area contributed by atoms with Gasteiger partial charge in [-0.05, 0) is 5.57 Å². The van der Waals surface area contributed by atoms with Gasteiger partial charge in [-0.15, -0.1) is 39.3 Å². The van der Waals surface area contributed by atoms with Gasteiger partial charge in [0, 0.05) is 4.24 Å². The summed E-state index contributed by atoms with van der Waals surface area (Å²) < 4.78 is 1.47. The monoisotopic (exact) mass is 210 g/mol. The van der Waals surface area contributed by atoms with Gasteiger partial charge in [-0.3, -0.25) is 0 Å². The first-order valence-corrected chi connectivity index (χ1v) is 8.39. The van der Waals surface area contributed by atoms with Crippen molar-refractivity contribution in [3.63, 3.8) is 0 Å². The van der Waals surface area contributed by atoms with E-state index in [2.05, 4.69) is 13.2 Å². The van der Waals surface area contributed by atoms with E-state index in [1.54, 1.807) is 0 Å². The molecule has 10 heavy (non-hydrogen) atoms. The second-order valence-electron chi connectivity index (χ2n) is 1.57. The molecule has 0 bridgehead atoms. The Balaban J connectivity index is 3.02. The fourth-order valence-corrected chi connectivity index (χ4v) is 11.0. The number of allylic oxidation sites excluding steroid dienone is 3. The molecule has 0 saturated heterocycles. The molecule has 0 unspecified atom stereocenters. The first kappa shape index (κ1) is 8.71. The molecule has 0 spiro atoms. The highest BCUT2D eigenvalue weighted by Crippen LogP contribution is 2.09. The number of hydrogen-bond donors (Lipinski definition) is 4. The maximum Gasteiger partial charge on any atom is 0.0419 e. The Morgan fingerprint density at radius 2 is 1.60 bits per heavy atom. The largest absolute Gasteiger partial charge is 0.132 e. The number of rotatable bonds is 2. The summed E-state index contributed by atoms with van der Waals surface area (Å²) in [5, 5.41) is 0. The molecule has 0 aromatic carbocycles. The van der Waals surface area contributed by atoms with Crippen LogP contribution < -0.4 is 0 Å². The van der Waals surface area contributed by atoms with E-state index in [1.165, 1.54) is 49.2 Å². The molecular weight excluding hydrogens is 200 g/mol. The highest BCUT2D eigenvalue weighted by molar-refractivity contribution is 8.83. The maximum atomic E-state index is 3.73. The Hall–Kier alpha value is 0.620. The zero-order chi connectivity index (χ0) is 7.40. The van der Waals surface area contributed by atoms with E-state index in [4.69, 9.17) is 0 Å². The highest BCUT2D eigenvalue weighted by Gasteiger charge is 1.94. The SMILES string of the molecule is C=CC(C=C)=C1[SH]=[SH][SH]=[SH]1. The molecular formula is C6H10S4. The first-order chi connectivity index (χ1) is 4.88. The lowest BCUT2D eigenvalue weighted by Gasteiger charge is -1.93. The van der Waals surface area contributed by atoms with E-state index >= 15 is 0 Å². The molecule has 0 atom stereocenters. The Bertz CT molecular complexity index is 222. The summed E-state index contributed by atoms with van der Waals surface area (Å²) in [5.41, 5.74) is 1.22. The first-order valence-electron chi connectivity index (χ1n) is 2.69. The summed E-state index contributed by atoms with van der Waals surface area (Å²) in [5.74, 6) is 0. The van der Waals surface area contributed by atoms with Crippen LogP contribution in [0.1, 0.15) is 0 Å². The molecule has 0 amide bonds. The molecule has 1 rings (SSSR count). The molecule has 0 radical (unpaired) electrons. The lowest BCUT2D eigenvalue weighted by molar-refractivity contribution is 1.77. The topological polar surface area (TPSA) is 0 Å². The van der Waals surface area contributed by atoms with Crippen LogP contribution in [0.2, 0.25) is 0 Å². The van der Waals surface area contributed by atoms with Crippen molar-refractivity contribution < 1.29 is 0 Å². The summed E-state index contributed by atoms with van der Waals surface area (Å²) in [6.07, 6.45) is 3.78. The average Bonchev–Trinajstić information content (AvgIpc) is 2.43. The van der Waals surface area contributed by atoms with Gasteiger partial charge in [0.1, 0.15) is 0 Å². The minimum atomic E-state index is 1.22. The molecule has 58 valence electrons. The van der Waals surface area contributed by atoms with Crippen molar-refractivity contribution in [3.05, 3.63) is 35.1 Å². The summed E-state index contributed by atoms with van der Waals surface area (Å²) in [7, 11) is 5.85. The molecule has 4 heteroatoms. The van der Waals surface area contributed by atoms with Gasteiger partial charge in [-0.1, -0.05) is 25.3 Å². The molecule has 0 nitrogen and oxygen atoms in total. The van der Waals surface area contributed by atoms with E-state index in [1.807, 2.05) is 12.2 Å². The fourth-order valence-electron chi connectivity index (χ4n) is 0.526. The highest BCUT2D eigenvalue weighted by atomic mass is 33.5. The van der Waals surface area contributed by atoms with Crippen LogP contribution in [0.3, 0.4) is 0 Å². The van der Waals surface area contributed by atoms with E-state index < -0.39 is 0 Å². The van der Waals surface area contributed by atoms with E-state index in [9.17, 15) is 0 Å². The van der Waals surface area contributed by atoms with Gasteiger partial charge in [0.25, 0.3) is 0 Å². The van der Waals surface area contributed by atoms with E-state index in [-0.39, 0.29) is 0 Å². The second-order valence-corrected chi connectivity index (χ2v) is 9.06. The zero-order valence-electron chi connectivity index (χ0n) is 5.36. The van der Waals surface area contributed by atoms with Crippen LogP contribution in [0.4, 0.5) is 0 Å². The summed E-state index contributed by atoms with van der Waals surface area (Å²) in [6, 6.07) is 0. The third-order valence-corrected chi connectivity index (χ3v) is 10.2. The van der Waals surface area contributed by atoms with Gasteiger partial charge < -0.3 is 0 Å². The Morgan fingerprint density at radius 3 is 2.00 bits per heavy atom. The van der Waals surface area contributed by atoms with Crippen molar-refractivity contribution >= 4 is 39.3 Å². The Kier molecular flexibility index (Phi) is 3.91. The lowest BCUT2D eigenvalue weighted by Crippen LogP contribution is -1.78. The third-order valence-electron chi connectivity index (χ3n) is 1.02.